The van der Waals surface area contributed by atoms with Gasteiger partial charge in [-0.15, -0.1) is 0 Å². The molecule has 1 aromatic carbocycles. The molecule has 2 nitrogen and oxygen atoms in total. The molecular formula is C18H29NO. The van der Waals surface area contributed by atoms with Crippen LogP contribution in [0.5, 0.6) is 5.75 Å². The van der Waals surface area contributed by atoms with E-state index < -0.39 is 0 Å². The Hall–Kier alpha value is -1.02. The maximum absolute atomic E-state index is 5.67. The molecule has 20 heavy (non-hydrogen) atoms. The molecule has 2 heteroatoms. The molecule has 0 heterocycles. The zero-order valence-electron chi connectivity index (χ0n) is 13.5. The van der Waals surface area contributed by atoms with Crippen LogP contribution in [0.1, 0.15) is 49.8 Å². The molecule has 2 rings (SSSR count). The molecule has 0 unspecified atom stereocenters. The third-order valence-electron chi connectivity index (χ3n) is 4.48. The third kappa shape index (κ3) is 3.17. The van der Waals surface area contributed by atoms with Gasteiger partial charge in [0.25, 0.3) is 0 Å². The molecule has 0 radical (unpaired) electrons. The topological polar surface area (TPSA) is 12.5 Å². The molecule has 1 atom stereocenters. The van der Waals surface area contributed by atoms with Gasteiger partial charge in [-0.05, 0) is 68.8 Å². The van der Waals surface area contributed by atoms with Gasteiger partial charge in [0, 0.05) is 6.04 Å². The SMILES string of the molecule is CCCN(CCC)[C@@H]1CCc2ccc(C)c(OC)c2C1. The van der Waals surface area contributed by atoms with Gasteiger partial charge in [0.1, 0.15) is 5.75 Å². The summed E-state index contributed by atoms with van der Waals surface area (Å²) in [5, 5.41) is 0. The van der Waals surface area contributed by atoms with Crippen LogP contribution in [0.3, 0.4) is 0 Å². The van der Waals surface area contributed by atoms with Gasteiger partial charge in [-0.2, -0.15) is 0 Å². The van der Waals surface area contributed by atoms with Gasteiger partial charge >= 0.3 is 0 Å². The van der Waals surface area contributed by atoms with Crippen molar-refractivity contribution in [3.05, 3.63) is 28.8 Å². The summed E-state index contributed by atoms with van der Waals surface area (Å²) >= 11 is 0. The van der Waals surface area contributed by atoms with Crippen LogP contribution < -0.4 is 4.74 Å². The maximum atomic E-state index is 5.67. The number of nitrogens with zero attached hydrogens (tertiary/aromatic N) is 1. The van der Waals surface area contributed by atoms with Crippen LogP contribution in [0.25, 0.3) is 0 Å². The van der Waals surface area contributed by atoms with Crippen molar-refractivity contribution in [2.45, 2.75) is 58.9 Å². The number of fused-ring (bicyclic) bond motifs is 1. The summed E-state index contributed by atoms with van der Waals surface area (Å²) in [6, 6.07) is 5.19. The quantitative estimate of drug-likeness (QED) is 0.778. The van der Waals surface area contributed by atoms with Crippen LogP contribution >= 0.6 is 0 Å². The van der Waals surface area contributed by atoms with Gasteiger partial charge in [0.15, 0.2) is 0 Å². The molecule has 1 aromatic rings. The lowest BCUT2D eigenvalue weighted by Gasteiger charge is -2.35. The Labute approximate surface area is 124 Å². The minimum absolute atomic E-state index is 0.693. The predicted molar refractivity (Wildman–Crippen MR) is 85.7 cm³/mol. The lowest BCUT2D eigenvalue weighted by atomic mass is 9.85. The molecule has 0 saturated carbocycles. The first-order chi connectivity index (χ1) is 9.71. The van der Waals surface area contributed by atoms with Gasteiger partial charge in [-0.3, -0.25) is 0 Å². The summed E-state index contributed by atoms with van der Waals surface area (Å²) in [6.45, 7) is 9.16. The molecule has 0 aromatic heterocycles. The second kappa shape index (κ2) is 7.12. The predicted octanol–water partition coefficient (Wildman–Crippen LogP) is 3.98. The molecule has 1 aliphatic rings. The summed E-state index contributed by atoms with van der Waals surface area (Å²) in [5.41, 5.74) is 4.22. The average Bonchev–Trinajstić information content (AvgIpc) is 2.46. The van der Waals surface area contributed by atoms with Crippen molar-refractivity contribution < 1.29 is 4.74 Å². The van der Waals surface area contributed by atoms with Crippen LogP contribution in [0.2, 0.25) is 0 Å². The zero-order chi connectivity index (χ0) is 14.5. The van der Waals surface area contributed by atoms with Crippen molar-refractivity contribution in [3.63, 3.8) is 0 Å². The lowest BCUT2D eigenvalue weighted by Crippen LogP contribution is -2.40. The summed E-state index contributed by atoms with van der Waals surface area (Å²) in [6.07, 6.45) is 6.13. The number of rotatable bonds is 6. The molecule has 112 valence electrons. The molecule has 0 bridgehead atoms. The second-order valence-corrected chi connectivity index (χ2v) is 5.99. The minimum Gasteiger partial charge on any atom is -0.496 e. The summed E-state index contributed by atoms with van der Waals surface area (Å²) in [7, 11) is 1.81. The highest BCUT2D eigenvalue weighted by molar-refractivity contribution is 5.47. The van der Waals surface area contributed by atoms with Crippen molar-refractivity contribution in [3.8, 4) is 5.75 Å². The van der Waals surface area contributed by atoms with Gasteiger partial charge in [0.05, 0.1) is 7.11 Å². The Kier molecular flexibility index (Phi) is 5.47. The van der Waals surface area contributed by atoms with Crippen LogP contribution in [-0.4, -0.2) is 31.1 Å². The molecular weight excluding hydrogens is 246 g/mol. The number of ether oxygens (including phenoxy) is 1. The van der Waals surface area contributed by atoms with Crippen LogP contribution in [-0.2, 0) is 12.8 Å². The fraction of sp³-hybridized carbons (Fsp3) is 0.667. The highest BCUT2D eigenvalue weighted by Gasteiger charge is 2.26. The van der Waals surface area contributed by atoms with Gasteiger partial charge < -0.3 is 9.64 Å². The van der Waals surface area contributed by atoms with Gasteiger partial charge in [0.2, 0.25) is 0 Å². The molecule has 0 spiro atoms. The molecule has 1 aliphatic carbocycles. The largest absolute Gasteiger partial charge is 0.496 e. The van der Waals surface area contributed by atoms with E-state index in [9.17, 15) is 0 Å². The van der Waals surface area contributed by atoms with E-state index >= 15 is 0 Å². The number of aryl methyl sites for hydroxylation is 2. The summed E-state index contributed by atoms with van der Waals surface area (Å²) in [4.78, 5) is 2.69. The normalized spacial score (nSPS) is 18.1. The molecule has 0 N–H and O–H groups in total. The number of hydrogen-bond donors (Lipinski definition) is 0. The Balaban J connectivity index is 2.22. The van der Waals surface area contributed by atoms with Gasteiger partial charge in [-0.1, -0.05) is 26.0 Å². The van der Waals surface area contributed by atoms with E-state index in [0.29, 0.717) is 6.04 Å². The molecule has 0 aliphatic heterocycles. The van der Waals surface area contributed by atoms with Crippen LogP contribution in [0.15, 0.2) is 12.1 Å². The smallest absolute Gasteiger partial charge is 0.125 e. The second-order valence-electron chi connectivity index (χ2n) is 5.99. The number of hydrogen-bond acceptors (Lipinski definition) is 2. The van der Waals surface area contributed by atoms with Crippen LogP contribution in [0.4, 0.5) is 0 Å². The number of methoxy groups -OCH3 is 1. The first-order valence-corrected chi connectivity index (χ1v) is 8.10. The minimum atomic E-state index is 0.693. The Bertz CT molecular complexity index is 435. The first kappa shape index (κ1) is 15.4. The molecule has 0 amide bonds. The molecule has 0 saturated heterocycles. The Morgan fingerprint density at radius 2 is 1.90 bits per heavy atom. The van der Waals surface area contributed by atoms with Crippen molar-refractivity contribution in [1.29, 1.82) is 0 Å². The first-order valence-electron chi connectivity index (χ1n) is 8.10. The van der Waals surface area contributed by atoms with Crippen LogP contribution in [0, 0.1) is 6.92 Å². The van der Waals surface area contributed by atoms with E-state index in [4.69, 9.17) is 4.74 Å². The van der Waals surface area contributed by atoms with Crippen molar-refractivity contribution in [1.82, 2.24) is 4.90 Å². The van der Waals surface area contributed by atoms with Crippen molar-refractivity contribution in [2.24, 2.45) is 0 Å². The van der Waals surface area contributed by atoms with E-state index in [-0.39, 0.29) is 0 Å². The lowest BCUT2D eigenvalue weighted by molar-refractivity contribution is 0.178. The third-order valence-corrected chi connectivity index (χ3v) is 4.48. The fourth-order valence-electron chi connectivity index (χ4n) is 3.55. The average molecular weight is 275 g/mol. The zero-order valence-corrected chi connectivity index (χ0v) is 13.5. The monoisotopic (exact) mass is 275 g/mol. The van der Waals surface area contributed by atoms with Crippen molar-refractivity contribution >= 4 is 0 Å². The van der Waals surface area contributed by atoms with E-state index in [1.165, 1.54) is 55.5 Å². The van der Waals surface area contributed by atoms with E-state index in [1.807, 2.05) is 7.11 Å². The van der Waals surface area contributed by atoms with E-state index in [2.05, 4.69) is 37.8 Å². The Morgan fingerprint density at radius 1 is 1.20 bits per heavy atom. The van der Waals surface area contributed by atoms with Crippen molar-refractivity contribution in [2.75, 3.05) is 20.2 Å². The van der Waals surface area contributed by atoms with Gasteiger partial charge in [-0.25, -0.2) is 0 Å². The standard InChI is InChI=1S/C18H29NO/c1-5-11-19(12-6-2)16-10-9-15-8-7-14(3)18(20-4)17(15)13-16/h7-8,16H,5-6,9-13H2,1-4H3/t16-/m1/s1. The highest BCUT2D eigenvalue weighted by Crippen LogP contribution is 2.34. The Morgan fingerprint density at radius 3 is 2.50 bits per heavy atom. The summed E-state index contributed by atoms with van der Waals surface area (Å²) < 4.78 is 5.67. The fourth-order valence-corrected chi connectivity index (χ4v) is 3.55. The van der Waals surface area contributed by atoms with E-state index in [0.717, 1.165) is 12.2 Å². The summed E-state index contributed by atoms with van der Waals surface area (Å²) in [5.74, 6) is 1.13. The molecule has 0 fully saturated rings. The van der Waals surface area contributed by atoms with E-state index in [1.54, 1.807) is 0 Å². The maximum Gasteiger partial charge on any atom is 0.125 e. The highest BCUT2D eigenvalue weighted by atomic mass is 16.5. The number of benzene rings is 1.